The number of unbranched alkanes of at least 4 members (excludes halogenated alkanes) is 14. The van der Waals surface area contributed by atoms with Gasteiger partial charge in [0.15, 0.2) is 6.04 Å². The van der Waals surface area contributed by atoms with Gasteiger partial charge in [-0.3, -0.25) is 9.59 Å². The van der Waals surface area contributed by atoms with E-state index >= 15 is 0 Å². The van der Waals surface area contributed by atoms with Crippen molar-refractivity contribution in [3.63, 3.8) is 0 Å². The number of carbonyl (C=O) groups excluding carboxylic acids is 2. The molecular formula is C35H52N2O4. The molecule has 6 heteroatoms. The lowest BCUT2D eigenvalue weighted by Gasteiger charge is -2.22. The average molecular weight is 565 g/mol. The Balaban J connectivity index is 1.69. The highest BCUT2D eigenvalue weighted by atomic mass is 16.4. The summed E-state index contributed by atoms with van der Waals surface area (Å²) in [4.78, 5) is 37.9. The molecule has 2 amide bonds. The molecule has 2 atom stereocenters. The molecule has 0 radical (unpaired) electrons. The summed E-state index contributed by atoms with van der Waals surface area (Å²) < 4.78 is 0. The molecule has 0 aliphatic rings. The summed E-state index contributed by atoms with van der Waals surface area (Å²) in [5, 5.41) is 15.2. The van der Waals surface area contributed by atoms with Crippen molar-refractivity contribution in [1.29, 1.82) is 0 Å². The number of amides is 2. The number of hydrogen-bond acceptors (Lipinski definition) is 3. The highest BCUT2D eigenvalue weighted by Gasteiger charge is 2.27. The van der Waals surface area contributed by atoms with Crippen molar-refractivity contribution >= 4 is 17.8 Å². The highest BCUT2D eigenvalue weighted by molar-refractivity contribution is 5.91. The number of nitrogens with one attached hydrogen (secondary N) is 2. The zero-order valence-corrected chi connectivity index (χ0v) is 25.1. The van der Waals surface area contributed by atoms with Crippen LogP contribution < -0.4 is 10.6 Å². The maximum Gasteiger partial charge on any atom is 0.330 e. The van der Waals surface area contributed by atoms with Crippen molar-refractivity contribution in [2.45, 2.75) is 128 Å². The minimum atomic E-state index is -1.19. The summed E-state index contributed by atoms with van der Waals surface area (Å²) in [5.74, 6) is -1.83. The quantitative estimate of drug-likeness (QED) is 0.119. The number of carboxylic acid groups (broad SMARTS) is 1. The van der Waals surface area contributed by atoms with E-state index in [1.807, 2.05) is 30.3 Å². The lowest BCUT2D eigenvalue weighted by atomic mass is 10.0. The number of carbonyl (C=O) groups is 3. The molecule has 0 aromatic heterocycles. The Morgan fingerprint density at radius 1 is 0.634 bits per heavy atom. The summed E-state index contributed by atoms with van der Waals surface area (Å²) in [7, 11) is 0. The largest absolute Gasteiger partial charge is 0.479 e. The fourth-order valence-electron chi connectivity index (χ4n) is 5.16. The van der Waals surface area contributed by atoms with E-state index in [1.54, 1.807) is 30.3 Å². The van der Waals surface area contributed by atoms with Crippen LogP contribution in [0.3, 0.4) is 0 Å². The molecule has 0 saturated heterocycles. The van der Waals surface area contributed by atoms with Gasteiger partial charge >= 0.3 is 5.97 Å². The standard InChI is InChI=1S/C35H52N2O4/c1-2-3-4-5-6-7-8-9-10-11-12-13-14-15-22-27-32(38)36-31(28-29-23-18-16-19-24-29)34(39)37-33(35(40)41)30-25-20-17-21-26-30/h16-21,23-26,31,33H,2-15,22,27-28H2,1H3,(H,36,38)(H,37,39)(H,40,41)/t31-,33-/m0/s1. The first-order valence-corrected chi connectivity index (χ1v) is 15.9. The highest BCUT2D eigenvalue weighted by Crippen LogP contribution is 2.15. The molecule has 0 fully saturated rings. The zero-order chi connectivity index (χ0) is 29.5. The van der Waals surface area contributed by atoms with Crippen LogP contribution in [0.1, 0.15) is 127 Å². The molecule has 0 saturated carbocycles. The second-order valence-electron chi connectivity index (χ2n) is 11.2. The van der Waals surface area contributed by atoms with Crippen molar-refractivity contribution in [1.82, 2.24) is 10.6 Å². The lowest BCUT2D eigenvalue weighted by Crippen LogP contribution is -2.49. The second kappa shape index (κ2) is 21.6. The third-order valence-electron chi connectivity index (χ3n) is 7.61. The first kappa shape index (κ1) is 34.1. The average Bonchev–Trinajstić information content (AvgIpc) is 2.98. The van der Waals surface area contributed by atoms with Crippen molar-refractivity contribution < 1.29 is 19.5 Å². The van der Waals surface area contributed by atoms with Gasteiger partial charge in [0.1, 0.15) is 6.04 Å². The van der Waals surface area contributed by atoms with Crippen LogP contribution in [0.15, 0.2) is 60.7 Å². The maximum absolute atomic E-state index is 13.2. The summed E-state index contributed by atoms with van der Waals surface area (Å²) in [6, 6.07) is 16.0. The van der Waals surface area contributed by atoms with E-state index in [2.05, 4.69) is 17.6 Å². The van der Waals surface area contributed by atoms with Crippen LogP contribution in [0.25, 0.3) is 0 Å². The fraction of sp³-hybridized carbons (Fsp3) is 0.571. The lowest BCUT2D eigenvalue weighted by molar-refractivity contribution is -0.142. The van der Waals surface area contributed by atoms with Gasteiger partial charge in [-0.05, 0) is 17.5 Å². The summed E-state index contributed by atoms with van der Waals surface area (Å²) in [6.45, 7) is 2.26. The topological polar surface area (TPSA) is 95.5 Å². The van der Waals surface area contributed by atoms with Gasteiger partial charge in [0.05, 0.1) is 0 Å². The molecule has 226 valence electrons. The minimum absolute atomic E-state index is 0.178. The second-order valence-corrected chi connectivity index (χ2v) is 11.2. The Kier molecular flexibility index (Phi) is 17.9. The van der Waals surface area contributed by atoms with Crippen molar-refractivity contribution in [3.05, 3.63) is 71.8 Å². The van der Waals surface area contributed by atoms with Crippen LogP contribution >= 0.6 is 0 Å². The molecule has 2 aromatic carbocycles. The third kappa shape index (κ3) is 15.4. The summed E-state index contributed by atoms with van der Waals surface area (Å²) in [5.41, 5.74) is 1.38. The van der Waals surface area contributed by atoms with Gasteiger partial charge in [0, 0.05) is 12.8 Å². The van der Waals surface area contributed by atoms with Gasteiger partial charge < -0.3 is 15.7 Å². The van der Waals surface area contributed by atoms with Crippen LogP contribution in [-0.4, -0.2) is 28.9 Å². The van der Waals surface area contributed by atoms with Crippen LogP contribution in [0.2, 0.25) is 0 Å². The first-order chi connectivity index (χ1) is 20.0. The monoisotopic (exact) mass is 564 g/mol. The van der Waals surface area contributed by atoms with E-state index in [-0.39, 0.29) is 5.91 Å². The molecule has 0 unspecified atom stereocenters. The van der Waals surface area contributed by atoms with E-state index < -0.39 is 24.0 Å². The molecule has 2 rings (SSSR count). The predicted molar refractivity (Wildman–Crippen MR) is 167 cm³/mol. The van der Waals surface area contributed by atoms with E-state index in [0.29, 0.717) is 18.4 Å². The van der Waals surface area contributed by atoms with Gasteiger partial charge in [0.25, 0.3) is 0 Å². The maximum atomic E-state index is 13.2. The summed E-state index contributed by atoms with van der Waals surface area (Å²) >= 11 is 0. The minimum Gasteiger partial charge on any atom is -0.479 e. The van der Waals surface area contributed by atoms with E-state index in [9.17, 15) is 19.5 Å². The zero-order valence-electron chi connectivity index (χ0n) is 25.1. The SMILES string of the molecule is CCCCCCCCCCCCCCCCCC(=O)N[C@@H](Cc1ccccc1)C(=O)N[C@H](C(=O)O)c1ccccc1. The molecule has 0 spiro atoms. The molecule has 0 aliphatic heterocycles. The number of aliphatic carboxylic acids is 1. The number of rotatable bonds is 23. The third-order valence-corrected chi connectivity index (χ3v) is 7.61. The van der Waals surface area contributed by atoms with Gasteiger partial charge in [-0.15, -0.1) is 0 Å². The molecule has 6 nitrogen and oxygen atoms in total. The normalized spacial score (nSPS) is 12.4. The molecule has 0 aliphatic carbocycles. The Labute approximate surface area is 247 Å². The Morgan fingerprint density at radius 2 is 1.10 bits per heavy atom. The smallest absolute Gasteiger partial charge is 0.330 e. The van der Waals surface area contributed by atoms with Crippen LogP contribution in [0, 0.1) is 0 Å². The van der Waals surface area contributed by atoms with Gasteiger partial charge in [0.2, 0.25) is 11.8 Å². The van der Waals surface area contributed by atoms with Gasteiger partial charge in [-0.1, -0.05) is 157 Å². The molecule has 0 bridgehead atoms. The Bertz CT molecular complexity index is 980. The number of hydrogen-bond donors (Lipinski definition) is 3. The van der Waals surface area contributed by atoms with E-state index in [4.69, 9.17) is 0 Å². The first-order valence-electron chi connectivity index (χ1n) is 15.9. The van der Waals surface area contributed by atoms with E-state index in [0.717, 1.165) is 24.8 Å². The van der Waals surface area contributed by atoms with Crippen molar-refractivity contribution in [2.24, 2.45) is 0 Å². The number of carboxylic acids is 1. The molecule has 2 aromatic rings. The Morgan fingerprint density at radius 3 is 1.59 bits per heavy atom. The number of benzene rings is 2. The predicted octanol–water partition coefficient (Wildman–Crippen LogP) is 7.92. The van der Waals surface area contributed by atoms with Crippen LogP contribution in [0.5, 0.6) is 0 Å². The van der Waals surface area contributed by atoms with Gasteiger partial charge in [-0.2, -0.15) is 0 Å². The fourth-order valence-corrected chi connectivity index (χ4v) is 5.16. The molecule has 3 N–H and O–H groups in total. The van der Waals surface area contributed by atoms with Crippen LogP contribution in [-0.2, 0) is 20.8 Å². The van der Waals surface area contributed by atoms with Crippen LogP contribution in [0.4, 0.5) is 0 Å². The van der Waals surface area contributed by atoms with Crippen molar-refractivity contribution in [3.8, 4) is 0 Å². The molecule has 41 heavy (non-hydrogen) atoms. The Hall–Kier alpha value is -3.15. The van der Waals surface area contributed by atoms with Crippen molar-refractivity contribution in [2.75, 3.05) is 0 Å². The van der Waals surface area contributed by atoms with E-state index in [1.165, 1.54) is 77.0 Å². The molecule has 0 heterocycles. The van der Waals surface area contributed by atoms with Gasteiger partial charge in [-0.25, -0.2) is 4.79 Å². The summed E-state index contributed by atoms with van der Waals surface area (Å²) in [6.07, 6.45) is 19.6. The molecular weight excluding hydrogens is 512 g/mol.